The number of aromatic amines is 1. The highest BCUT2D eigenvalue weighted by Crippen LogP contribution is 2.53. The van der Waals surface area contributed by atoms with Crippen LogP contribution in [0.15, 0.2) is 17.4 Å². The Labute approximate surface area is 102 Å². The van der Waals surface area contributed by atoms with Gasteiger partial charge in [0, 0.05) is 18.6 Å². The lowest BCUT2D eigenvalue weighted by atomic mass is 10.1. The van der Waals surface area contributed by atoms with E-state index in [2.05, 4.69) is 15.0 Å². The minimum absolute atomic E-state index is 0.0150. The first-order valence-electron chi connectivity index (χ1n) is 5.80. The van der Waals surface area contributed by atoms with Crippen LogP contribution in [0, 0.1) is 11.3 Å². The molecule has 96 valence electrons. The van der Waals surface area contributed by atoms with Crippen LogP contribution in [0.5, 0.6) is 0 Å². The SMILES string of the molecule is O=c1[nH]cnc2c1ncn2C[C@@]1(CO)C[C@H]1CO. The molecule has 0 unspecified atom stereocenters. The predicted octanol–water partition coefficient (Wildman–Crippen LogP) is -0.890. The van der Waals surface area contributed by atoms with Crippen molar-refractivity contribution in [2.24, 2.45) is 11.3 Å². The van der Waals surface area contributed by atoms with E-state index >= 15 is 0 Å². The number of hydrogen-bond acceptors (Lipinski definition) is 5. The average molecular weight is 250 g/mol. The summed E-state index contributed by atoms with van der Waals surface area (Å²) in [5.74, 6) is 0.113. The number of H-pyrrole nitrogens is 1. The topological polar surface area (TPSA) is 104 Å². The van der Waals surface area contributed by atoms with Crippen molar-refractivity contribution in [1.82, 2.24) is 19.5 Å². The molecular formula is C11H14N4O3. The second-order valence-corrected chi connectivity index (χ2v) is 4.88. The quantitative estimate of drug-likeness (QED) is 0.653. The molecule has 7 nitrogen and oxygen atoms in total. The maximum Gasteiger partial charge on any atom is 0.278 e. The molecule has 18 heavy (non-hydrogen) atoms. The van der Waals surface area contributed by atoms with Gasteiger partial charge in [-0.1, -0.05) is 0 Å². The van der Waals surface area contributed by atoms with Crippen LogP contribution in [0.4, 0.5) is 0 Å². The number of imidazole rings is 1. The Morgan fingerprint density at radius 2 is 2.33 bits per heavy atom. The molecule has 3 rings (SSSR count). The lowest BCUT2D eigenvalue weighted by Gasteiger charge is -2.14. The van der Waals surface area contributed by atoms with Crippen LogP contribution in [-0.2, 0) is 6.54 Å². The first-order valence-corrected chi connectivity index (χ1v) is 5.80. The Morgan fingerprint density at radius 3 is 3.00 bits per heavy atom. The number of fused-ring (bicyclic) bond motifs is 1. The monoisotopic (exact) mass is 250 g/mol. The summed E-state index contributed by atoms with van der Waals surface area (Å²) in [7, 11) is 0. The van der Waals surface area contributed by atoms with Gasteiger partial charge in [0.15, 0.2) is 11.2 Å². The van der Waals surface area contributed by atoms with Crippen molar-refractivity contribution in [3.8, 4) is 0 Å². The van der Waals surface area contributed by atoms with Crippen molar-refractivity contribution in [3.63, 3.8) is 0 Å². The highest BCUT2D eigenvalue weighted by molar-refractivity contribution is 5.68. The molecule has 0 spiro atoms. The van der Waals surface area contributed by atoms with Gasteiger partial charge in [0.2, 0.25) is 0 Å². The van der Waals surface area contributed by atoms with E-state index in [1.54, 1.807) is 10.9 Å². The Morgan fingerprint density at radius 1 is 1.50 bits per heavy atom. The fourth-order valence-corrected chi connectivity index (χ4v) is 2.47. The van der Waals surface area contributed by atoms with Gasteiger partial charge in [-0.15, -0.1) is 0 Å². The summed E-state index contributed by atoms with van der Waals surface area (Å²) in [4.78, 5) is 22.1. The smallest absolute Gasteiger partial charge is 0.278 e. The van der Waals surface area contributed by atoms with Gasteiger partial charge in [-0.3, -0.25) is 4.79 Å². The zero-order chi connectivity index (χ0) is 12.8. The minimum atomic E-state index is -0.299. The predicted molar refractivity (Wildman–Crippen MR) is 62.9 cm³/mol. The lowest BCUT2D eigenvalue weighted by Crippen LogP contribution is -2.19. The number of nitrogens with zero attached hydrogens (tertiary/aromatic N) is 3. The summed E-state index contributed by atoms with van der Waals surface area (Å²) >= 11 is 0. The second-order valence-electron chi connectivity index (χ2n) is 4.88. The van der Waals surface area contributed by atoms with Gasteiger partial charge < -0.3 is 19.8 Å². The number of aromatic nitrogens is 4. The Kier molecular flexibility index (Phi) is 2.46. The number of nitrogens with one attached hydrogen (secondary N) is 1. The maximum absolute atomic E-state index is 11.5. The van der Waals surface area contributed by atoms with Crippen LogP contribution < -0.4 is 5.56 Å². The molecule has 2 atom stereocenters. The molecule has 0 aliphatic heterocycles. The third-order valence-corrected chi connectivity index (χ3v) is 3.79. The molecule has 0 radical (unpaired) electrons. The fourth-order valence-electron chi connectivity index (χ4n) is 2.47. The normalized spacial score (nSPS) is 26.7. The first kappa shape index (κ1) is 11.4. The van der Waals surface area contributed by atoms with E-state index < -0.39 is 0 Å². The van der Waals surface area contributed by atoms with Gasteiger partial charge in [0.05, 0.1) is 19.3 Å². The Hall–Kier alpha value is -1.73. The summed E-state index contributed by atoms with van der Waals surface area (Å²) in [5, 5.41) is 18.6. The molecule has 1 fully saturated rings. The molecule has 1 aliphatic rings. The summed E-state index contributed by atoms with van der Waals surface area (Å²) in [6.07, 6.45) is 3.67. The molecule has 7 heteroatoms. The standard InChI is InChI=1S/C11H14N4O3/c16-2-7-1-11(7,4-17)3-15-6-14-8-9(15)12-5-13-10(8)18/h5-7,16-17H,1-4H2,(H,12,13,18)/t7-,11+/m0/s1. The molecule has 3 N–H and O–H groups in total. The maximum atomic E-state index is 11.5. The largest absolute Gasteiger partial charge is 0.396 e. The Bertz CT molecular complexity index is 634. The van der Waals surface area contributed by atoms with E-state index in [0.717, 1.165) is 6.42 Å². The summed E-state index contributed by atoms with van der Waals surface area (Å²) in [6.45, 7) is 0.601. The molecule has 1 aliphatic carbocycles. The zero-order valence-corrected chi connectivity index (χ0v) is 9.70. The molecule has 1 saturated carbocycles. The first-order chi connectivity index (χ1) is 8.70. The third-order valence-electron chi connectivity index (χ3n) is 3.79. The van der Waals surface area contributed by atoms with E-state index in [1.165, 1.54) is 6.33 Å². The van der Waals surface area contributed by atoms with Crippen LogP contribution in [-0.4, -0.2) is 42.9 Å². The fraction of sp³-hybridized carbons (Fsp3) is 0.545. The average Bonchev–Trinajstić information content (AvgIpc) is 2.94. The van der Waals surface area contributed by atoms with E-state index in [9.17, 15) is 9.90 Å². The van der Waals surface area contributed by atoms with E-state index in [-0.39, 0.29) is 30.1 Å². The summed E-state index contributed by atoms with van der Waals surface area (Å²) in [6, 6.07) is 0. The number of aliphatic hydroxyl groups is 2. The number of hydrogen-bond donors (Lipinski definition) is 3. The van der Waals surface area contributed by atoms with Crippen LogP contribution in [0.2, 0.25) is 0 Å². The Balaban J connectivity index is 1.97. The van der Waals surface area contributed by atoms with Gasteiger partial charge in [0.1, 0.15) is 0 Å². The number of aliphatic hydroxyl groups excluding tert-OH is 2. The van der Waals surface area contributed by atoms with Gasteiger partial charge in [0.25, 0.3) is 5.56 Å². The molecule has 0 saturated heterocycles. The van der Waals surface area contributed by atoms with Gasteiger partial charge >= 0.3 is 0 Å². The summed E-state index contributed by atoms with van der Waals surface area (Å²) < 4.78 is 1.76. The van der Waals surface area contributed by atoms with Crippen LogP contribution in [0.1, 0.15) is 6.42 Å². The third kappa shape index (κ3) is 1.55. The van der Waals surface area contributed by atoms with Crippen LogP contribution in [0.25, 0.3) is 11.2 Å². The summed E-state index contributed by atoms with van der Waals surface area (Å²) in [5.41, 5.74) is 0.236. The number of rotatable bonds is 4. The highest BCUT2D eigenvalue weighted by Gasteiger charge is 2.53. The van der Waals surface area contributed by atoms with Gasteiger partial charge in [-0.25, -0.2) is 9.97 Å². The molecule has 0 amide bonds. The molecule has 0 bridgehead atoms. The van der Waals surface area contributed by atoms with Crippen molar-refractivity contribution >= 4 is 11.2 Å². The van der Waals surface area contributed by atoms with Crippen molar-refractivity contribution < 1.29 is 10.2 Å². The molecule has 2 aromatic rings. The van der Waals surface area contributed by atoms with Gasteiger partial charge in [-0.2, -0.15) is 0 Å². The van der Waals surface area contributed by atoms with Crippen molar-refractivity contribution in [1.29, 1.82) is 0 Å². The van der Waals surface area contributed by atoms with E-state index in [4.69, 9.17) is 5.11 Å². The molecule has 0 aromatic carbocycles. The highest BCUT2D eigenvalue weighted by atomic mass is 16.3. The van der Waals surface area contributed by atoms with Crippen LogP contribution >= 0.6 is 0 Å². The molecular weight excluding hydrogens is 236 g/mol. The zero-order valence-electron chi connectivity index (χ0n) is 9.70. The van der Waals surface area contributed by atoms with Gasteiger partial charge in [-0.05, 0) is 12.3 Å². The van der Waals surface area contributed by atoms with Crippen LogP contribution in [0.3, 0.4) is 0 Å². The minimum Gasteiger partial charge on any atom is -0.396 e. The van der Waals surface area contributed by atoms with E-state index in [1.807, 2.05) is 0 Å². The molecule has 2 heterocycles. The second kappa shape index (κ2) is 3.89. The van der Waals surface area contributed by atoms with Crippen molar-refractivity contribution in [2.75, 3.05) is 13.2 Å². The van der Waals surface area contributed by atoms with Crippen molar-refractivity contribution in [3.05, 3.63) is 23.0 Å². The van der Waals surface area contributed by atoms with Crippen molar-refractivity contribution in [2.45, 2.75) is 13.0 Å². The lowest BCUT2D eigenvalue weighted by molar-refractivity contribution is 0.158. The van der Waals surface area contributed by atoms with E-state index in [0.29, 0.717) is 17.7 Å². The molecule has 2 aromatic heterocycles.